The van der Waals surface area contributed by atoms with Gasteiger partial charge in [-0.1, -0.05) is 0 Å². The van der Waals surface area contributed by atoms with Crippen molar-refractivity contribution in [2.75, 3.05) is 32.8 Å². The van der Waals surface area contributed by atoms with Crippen molar-refractivity contribution < 1.29 is 24.2 Å². The van der Waals surface area contributed by atoms with E-state index in [-0.39, 0.29) is 6.61 Å². The zero-order chi connectivity index (χ0) is 15.3. The van der Waals surface area contributed by atoms with Gasteiger partial charge in [-0.3, -0.25) is 14.5 Å². The lowest BCUT2D eigenvalue weighted by Crippen LogP contribution is -2.57. The van der Waals surface area contributed by atoms with E-state index in [1.165, 1.54) is 4.90 Å². The summed E-state index contributed by atoms with van der Waals surface area (Å²) in [5.41, 5.74) is 5.55. The second kappa shape index (κ2) is 7.20. The van der Waals surface area contributed by atoms with Crippen LogP contribution in [0.5, 0.6) is 0 Å². The Hall–Kier alpha value is -1.67. The van der Waals surface area contributed by atoms with E-state index in [1.54, 1.807) is 18.7 Å². The molecule has 0 aliphatic carbocycles. The zero-order valence-corrected chi connectivity index (χ0v) is 11.7. The van der Waals surface area contributed by atoms with Gasteiger partial charge in [0.25, 0.3) is 5.91 Å². The molecule has 8 nitrogen and oxygen atoms in total. The molecule has 1 aliphatic rings. The summed E-state index contributed by atoms with van der Waals surface area (Å²) in [6.07, 6.45) is 0. The van der Waals surface area contributed by atoms with Crippen LogP contribution in [-0.4, -0.2) is 77.6 Å². The fraction of sp³-hybridized carbons (Fsp3) is 0.750. The summed E-state index contributed by atoms with van der Waals surface area (Å²) in [6.45, 7) is 4.99. The topological polar surface area (TPSA) is 113 Å². The summed E-state index contributed by atoms with van der Waals surface area (Å²) in [4.78, 5) is 37.5. The van der Waals surface area contributed by atoms with Crippen LogP contribution in [0.15, 0.2) is 0 Å². The molecule has 1 heterocycles. The highest BCUT2D eigenvalue weighted by Gasteiger charge is 2.32. The molecule has 1 amide bonds. The van der Waals surface area contributed by atoms with E-state index in [4.69, 9.17) is 15.6 Å². The molecular weight excluding hydrogens is 266 g/mol. The summed E-state index contributed by atoms with van der Waals surface area (Å²) in [7, 11) is 0. The molecule has 20 heavy (non-hydrogen) atoms. The van der Waals surface area contributed by atoms with Gasteiger partial charge in [0, 0.05) is 26.2 Å². The Kier molecular flexibility index (Phi) is 5.90. The minimum Gasteiger partial charge on any atom is -0.480 e. The van der Waals surface area contributed by atoms with Gasteiger partial charge in [0.05, 0.1) is 6.61 Å². The Bertz CT molecular complexity index is 379. The molecule has 0 aromatic heterocycles. The number of esters is 1. The van der Waals surface area contributed by atoms with Crippen LogP contribution in [0.2, 0.25) is 0 Å². The first-order valence-corrected chi connectivity index (χ1v) is 6.56. The summed E-state index contributed by atoms with van der Waals surface area (Å²) in [5, 5.41) is 8.93. The number of nitrogens with zero attached hydrogens (tertiary/aromatic N) is 2. The van der Waals surface area contributed by atoms with Gasteiger partial charge in [-0.25, -0.2) is 4.79 Å². The van der Waals surface area contributed by atoms with Crippen molar-refractivity contribution in [3.05, 3.63) is 0 Å². The number of carbonyl (C=O) groups excluding carboxylic acids is 2. The third kappa shape index (κ3) is 3.91. The van der Waals surface area contributed by atoms with Crippen molar-refractivity contribution in [3.8, 4) is 0 Å². The second-order valence-corrected chi connectivity index (χ2v) is 4.61. The number of amides is 1. The number of carbonyl (C=O) groups is 3. The molecule has 0 spiro atoms. The summed E-state index contributed by atoms with van der Waals surface area (Å²) in [5.74, 6) is -2.11. The molecule has 0 aromatic rings. The molecule has 2 atom stereocenters. The molecule has 1 fully saturated rings. The third-order valence-electron chi connectivity index (χ3n) is 3.34. The Morgan fingerprint density at radius 3 is 2.25 bits per heavy atom. The number of hydrogen-bond acceptors (Lipinski definition) is 6. The van der Waals surface area contributed by atoms with Crippen molar-refractivity contribution in [2.24, 2.45) is 5.73 Å². The quantitative estimate of drug-likeness (QED) is 0.467. The molecule has 1 aliphatic heterocycles. The highest BCUT2D eigenvalue weighted by molar-refractivity contribution is 6.01. The van der Waals surface area contributed by atoms with Crippen LogP contribution < -0.4 is 5.73 Å². The largest absolute Gasteiger partial charge is 0.480 e. The van der Waals surface area contributed by atoms with Gasteiger partial charge in [-0.05, 0) is 13.8 Å². The average molecular weight is 287 g/mol. The standard InChI is InChI=1S/C12H21N3O5/c1-3-20-12(19)9(13)10(16)15-6-4-14(5-7-15)8(2)11(17)18/h8-9H,3-7,13H2,1-2H3,(H,17,18). The molecule has 1 rings (SSSR count). The van der Waals surface area contributed by atoms with Crippen molar-refractivity contribution in [3.63, 3.8) is 0 Å². The number of piperazine rings is 1. The lowest BCUT2D eigenvalue weighted by molar-refractivity contribution is -0.151. The van der Waals surface area contributed by atoms with Gasteiger partial charge >= 0.3 is 11.9 Å². The molecule has 0 aromatic carbocycles. The molecule has 0 saturated carbocycles. The van der Waals surface area contributed by atoms with E-state index in [1.807, 2.05) is 0 Å². The van der Waals surface area contributed by atoms with E-state index in [2.05, 4.69) is 0 Å². The first-order valence-electron chi connectivity index (χ1n) is 6.56. The normalized spacial score (nSPS) is 19.2. The zero-order valence-electron chi connectivity index (χ0n) is 11.7. The fourth-order valence-corrected chi connectivity index (χ4v) is 2.02. The van der Waals surface area contributed by atoms with Gasteiger partial charge in [-0.2, -0.15) is 0 Å². The van der Waals surface area contributed by atoms with Crippen LogP contribution in [0.1, 0.15) is 13.8 Å². The van der Waals surface area contributed by atoms with Crippen molar-refractivity contribution in [1.82, 2.24) is 9.80 Å². The van der Waals surface area contributed by atoms with Crippen molar-refractivity contribution >= 4 is 17.8 Å². The maximum absolute atomic E-state index is 12.0. The SMILES string of the molecule is CCOC(=O)C(N)C(=O)N1CCN(C(C)C(=O)O)CC1. The predicted molar refractivity (Wildman–Crippen MR) is 69.9 cm³/mol. The Labute approximate surface area is 117 Å². The molecule has 8 heteroatoms. The first kappa shape index (κ1) is 16.4. The number of carboxylic acid groups (broad SMARTS) is 1. The number of carboxylic acids is 1. The first-order chi connectivity index (χ1) is 9.38. The van der Waals surface area contributed by atoms with E-state index in [0.29, 0.717) is 26.2 Å². The van der Waals surface area contributed by atoms with Crippen LogP contribution in [0.4, 0.5) is 0 Å². The smallest absolute Gasteiger partial charge is 0.332 e. The molecule has 0 bridgehead atoms. The van der Waals surface area contributed by atoms with Crippen LogP contribution >= 0.6 is 0 Å². The maximum atomic E-state index is 12.0. The molecular formula is C12H21N3O5. The van der Waals surface area contributed by atoms with Crippen LogP contribution in [-0.2, 0) is 19.1 Å². The number of nitrogens with two attached hydrogens (primary N) is 1. The summed E-state index contributed by atoms with van der Waals surface area (Å²) < 4.78 is 4.71. The number of ether oxygens (including phenoxy) is 1. The van der Waals surface area contributed by atoms with Crippen LogP contribution in [0.25, 0.3) is 0 Å². The molecule has 0 radical (unpaired) electrons. The van der Waals surface area contributed by atoms with E-state index in [0.717, 1.165) is 0 Å². The van der Waals surface area contributed by atoms with Crippen LogP contribution in [0, 0.1) is 0 Å². The number of rotatable bonds is 5. The van der Waals surface area contributed by atoms with E-state index in [9.17, 15) is 14.4 Å². The molecule has 1 saturated heterocycles. The van der Waals surface area contributed by atoms with Gasteiger partial charge in [-0.15, -0.1) is 0 Å². The molecule has 2 unspecified atom stereocenters. The van der Waals surface area contributed by atoms with Crippen LogP contribution in [0.3, 0.4) is 0 Å². The number of aliphatic carboxylic acids is 1. The lowest BCUT2D eigenvalue weighted by Gasteiger charge is -2.37. The monoisotopic (exact) mass is 287 g/mol. The highest BCUT2D eigenvalue weighted by atomic mass is 16.5. The van der Waals surface area contributed by atoms with E-state index >= 15 is 0 Å². The van der Waals surface area contributed by atoms with Gasteiger partial charge in [0.1, 0.15) is 6.04 Å². The Morgan fingerprint density at radius 2 is 1.80 bits per heavy atom. The van der Waals surface area contributed by atoms with Gasteiger partial charge < -0.3 is 20.5 Å². The van der Waals surface area contributed by atoms with E-state index < -0.39 is 29.9 Å². The third-order valence-corrected chi connectivity index (χ3v) is 3.34. The van der Waals surface area contributed by atoms with Gasteiger partial charge in [0.2, 0.25) is 0 Å². The second-order valence-electron chi connectivity index (χ2n) is 4.61. The number of hydrogen-bond donors (Lipinski definition) is 2. The van der Waals surface area contributed by atoms with Crippen molar-refractivity contribution in [2.45, 2.75) is 25.9 Å². The van der Waals surface area contributed by atoms with Gasteiger partial charge in [0.15, 0.2) is 6.04 Å². The highest BCUT2D eigenvalue weighted by Crippen LogP contribution is 2.08. The average Bonchev–Trinajstić information content (AvgIpc) is 2.45. The Balaban J connectivity index is 2.50. The fourth-order valence-electron chi connectivity index (χ4n) is 2.02. The summed E-state index contributed by atoms with van der Waals surface area (Å²) in [6, 6.07) is -1.90. The predicted octanol–water partition coefficient (Wildman–Crippen LogP) is -1.51. The lowest BCUT2D eigenvalue weighted by atomic mass is 10.2. The van der Waals surface area contributed by atoms with Crippen molar-refractivity contribution in [1.29, 1.82) is 0 Å². The minimum atomic E-state index is -1.31. The maximum Gasteiger partial charge on any atom is 0.332 e. The molecule has 114 valence electrons. The Morgan fingerprint density at radius 1 is 1.25 bits per heavy atom. The molecule has 3 N–H and O–H groups in total. The summed E-state index contributed by atoms with van der Waals surface area (Å²) >= 11 is 0. The minimum absolute atomic E-state index is 0.170.